The zero-order chi connectivity index (χ0) is 18.3. The minimum atomic E-state index is -0.440. The normalized spacial score (nSPS) is 14.2. The van der Waals surface area contributed by atoms with Gasteiger partial charge in [-0.25, -0.2) is 4.99 Å². The number of aromatic nitrogens is 1. The van der Waals surface area contributed by atoms with Crippen LogP contribution in [0.4, 0.5) is 11.4 Å². The van der Waals surface area contributed by atoms with Crippen molar-refractivity contribution in [3.05, 3.63) is 77.7 Å². The quantitative estimate of drug-likeness (QED) is 0.516. The van der Waals surface area contributed by atoms with E-state index in [-0.39, 0.29) is 11.2 Å². The summed E-state index contributed by atoms with van der Waals surface area (Å²) < 4.78 is 7.66. The van der Waals surface area contributed by atoms with Crippen LogP contribution in [0.1, 0.15) is 11.5 Å². The Bertz CT molecular complexity index is 1160. The molecule has 0 saturated carbocycles. The molecule has 0 N–H and O–H groups in total. The van der Waals surface area contributed by atoms with Crippen LogP contribution in [0, 0.1) is 17.0 Å². The molecule has 0 fully saturated rings. The summed E-state index contributed by atoms with van der Waals surface area (Å²) in [6, 6.07) is 9.87. The van der Waals surface area contributed by atoms with Crippen LogP contribution in [0.2, 0.25) is 0 Å². The monoisotopic (exact) mass is 370 g/mol. The molecule has 26 heavy (non-hydrogen) atoms. The number of thiazole rings is 1. The highest BCUT2D eigenvalue weighted by molar-refractivity contribution is 7.07. The molecule has 132 valence electrons. The van der Waals surface area contributed by atoms with Gasteiger partial charge >= 0.3 is 0 Å². The smallest absolute Gasteiger partial charge is 0.271 e. The molecule has 0 unspecified atom stereocenters. The molecule has 3 heterocycles. The minimum absolute atomic E-state index is 0.0294. The molecule has 2 aromatic heterocycles. The number of furan rings is 1. The third kappa shape index (κ3) is 2.93. The summed E-state index contributed by atoms with van der Waals surface area (Å²) in [5.74, 6) is 1.41. The fraction of sp³-hybridized carbons (Fsp3) is 0.176. The maximum absolute atomic E-state index is 12.7. The van der Waals surface area contributed by atoms with Gasteiger partial charge in [-0.1, -0.05) is 11.3 Å². The molecule has 8 nitrogen and oxygen atoms in total. The topological polar surface area (TPSA) is 93.9 Å². The van der Waals surface area contributed by atoms with E-state index in [2.05, 4.69) is 4.99 Å². The van der Waals surface area contributed by atoms with Crippen LogP contribution in [-0.2, 0) is 6.67 Å². The van der Waals surface area contributed by atoms with Crippen molar-refractivity contribution in [1.29, 1.82) is 0 Å². The van der Waals surface area contributed by atoms with Gasteiger partial charge in [0.05, 0.1) is 9.46 Å². The van der Waals surface area contributed by atoms with Crippen LogP contribution in [-0.4, -0.2) is 16.2 Å². The molecule has 0 atom stereocenters. The molecule has 0 spiro atoms. The van der Waals surface area contributed by atoms with Crippen molar-refractivity contribution >= 4 is 28.8 Å². The number of nitro groups is 1. The second-order valence-corrected chi connectivity index (χ2v) is 6.84. The number of aryl methyl sites for hydroxylation is 1. The standard InChI is InChI=1S/C17H14N4O4S/c1-11-2-7-14(25-11)8-15-16(22)20-10-19(9-18-17(20)26-15)12-3-5-13(6-4-12)21(23)24/h2-8H,9-10H2,1H3. The van der Waals surface area contributed by atoms with E-state index in [1.165, 1.54) is 23.5 Å². The second kappa shape index (κ2) is 6.26. The van der Waals surface area contributed by atoms with Crippen LogP contribution in [0.3, 0.4) is 0 Å². The van der Waals surface area contributed by atoms with Crippen LogP contribution in [0.25, 0.3) is 6.08 Å². The van der Waals surface area contributed by atoms with Gasteiger partial charge in [-0.15, -0.1) is 0 Å². The number of benzene rings is 1. The van der Waals surface area contributed by atoms with Crippen LogP contribution in [0.15, 0.2) is 50.6 Å². The van der Waals surface area contributed by atoms with Crippen molar-refractivity contribution in [3.8, 4) is 0 Å². The molecule has 0 radical (unpaired) electrons. The lowest BCUT2D eigenvalue weighted by molar-refractivity contribution is -0.384. The Morgan fingerprint density at radius 3 is 2.69 bits per heavy atom. The molecule has 3 aromatic rings. The zero-order valence-corrected chi connectivity index (χ0v) is 14.6. The van der Waals surface area contributed by atoms with Crippen molar-refractivity contribution in [3.63, 3.8) is 0 Å². The van der Waals surface area contributed by atoms with E-state index in [1.807, 2.05) is 24.0 Å². The lowest BCUT2D eigenvalue weighted by Crippen LogP contribution is -2.42. The van der Waals surface area contributed by atoms with E-state index >= 15 is 0 Å². The maximum atomic E-state index is 12.7. The molecule has 0 amide bonds. The van der Waals surface area contributed by atoms with Gasteiger partial charge < -0.3 is 9.32 Å². The Hall–Kier alpha value is -3.20. The SMILES string of the molecule is Cc1ccc(C=c2sc3n(c2=O)CN(c2ccc([N+](=O)[O-])cc2)CN=3)o1. The Morgan fingerprint density at radius 1 is 1.27 bits per heavy atom. The molecule has 4 rings (SSSR count). The molecule has 1 aliphatic rings. The van der Waals surface area contributed by atoms with Gasteiger partial charge in [0.25, 0.3) is 11.2 Å². The largest absolute Gasteiger partial charge is 0.462 e. The molecular formula is C17H14N4O4S. The first-order valence-corrected chi connectivity index (χ1v) is 8.64. The number of rotatable bonds is 3. The highest BCUT2D eigenvalue weighted by Crippen LogP contribution is 2.20. The molecule has 1 aliphatic heterocycles. The van der Waals surface area contributed by atoms with Crippen molar-refractivity contribution in [2.75, 3.05) is 11.6 Å². The average Bonchev–Trinajstić information content (AvgIpc) is 3.18. The number of hydrogen-bond acceptors (Lipinski definition) is 7. The van der Waals surface area contributed by atoms with Gasteiger partial charge in [0.15, 0.2) is 4.80 Å². The van der Waals surface area contributed by atoms with Crippen LogP contribution in [0.5, 0.6) is 0 Å². The number of fused-ring (bicyclic) bond motifs is 1. The van der Waals surface area contributed by atoms with Gasteiger partial charge in [-0.05, 0) is 31.2 Å². The van der Waals surface area contributed by atoms with E-state index in [0.717, 1.165) is 11.4 Å². The molecule has 0 saturated heterocycles. The Labute approximate surface area is 151 Å². The van der Waals surface area contributed by atoms with E-state index in [4.69, 9.17) is 4.42 Å². The fourth-order valence-electron chi connectivity index (χ4n) is 2.72. The number of nitro benzene ring substituents is 1. The highest BCUT2D eigenvalue weighted by atomic mass is 32.1. The number of anilines is 1. The summed E-state index contributed by atoms with van der Waals surface area (Å²) in [5, 5.41) is 10.8. The average molecular weight is 370 g/mol. The van der Waals surface area contributed by atoms with Crippen molar-refractivity contribution in [1.82, 2.24) is 4.57 Å². The predicted molar refractivity (Wildman–Crippen MR) is 96.8 cm³/mol. The first-order valence-electron chi connectivity index (χ1n) is 7.83. The molecule has 9 heteroatoms. The first kappa shape index (κ1) is 16.3. The Kier molecular flexibility index (Phi) is 3.92. The highest BCUT2D eigenvalue weighted by Gasteiger charge is 2.17. The van der Waals surface area contributed by atoms with Gasteiger partial charge in [0.1, 0.15) is 24.9 Å². The Morgan fingerprint density at radius 2 is 2.04 bits per heavy atom. The third-order valence-corrected chi connectivity index (χ3v) is 5.08. The van der Waals surface area contributed by atoms with Gasteiger partial charge in [0, 0.05) is 23.9 Å². The lowest BCUT2D eigenvalue weighted by Gasteiger charge is -2.25. The van der Waals surface area contributed by atoms with E-state index in [9.17, 15) is 14.9 Å². The number of non-ortho nitro benzene ring substituents is 1. The van der Waals surface area contributed by atoms with Gasteiger partial charge in [0.2, 0.25) is 0 Å². The van der Waals surface area contributed by atoms with E-state index < -0.39 is 4.92 Å². The third-order valence-electron chi connectivity index (χ3n) is 4.04. The van der Waals surface area contributed by atoms with Crippen molar-refractivity contribution < 1.29 is 9.34 Å². The van der Waals surface area contributed by atoms with Gasteiger partial charge in [-0.3, -0.25) is 19.5 Å². The van der Waals surface area contributed by atoms with Crippen molar-refractivity contribution in [2.45, 2.75) is 13.6 Å². The van der Waals surface area contributed by atoms with E-state index in [0.29, 0.717) is 28.4 Å². The van der Waals surface area contributed by atoms with Crippen LogP contribution < -0.4 is 19.8 Å². The fourth-order valence-corrected chi connectivity index (χ4v) is 3.66. The number of hydrogen-bond donors (Lipinski definition) is 0. The predicted octanol–water partition coefficient (Wildman–Crippen LogP) is 1.60. The zero-order valence-electron chi connectivity index (χ0n) is 13.8. The first-order chi connectivity index (χ1) is 12.5. The molecular weight excluding hydrogens is 356 g/mol. The number of nitrogens with zero attached hydrogens (tertiary/aromatic N) is 4. The minimum Gasteiger partial charge on any atom is -0.462 e. The second-order valence-electron chi connectivity index (χ2n) is 5.83. The molecule has 1 aromatic carbocycles. The lowest BCUT2D eigenvalue weighted by atomic mass is 10.2. The maximum Gasteiger partial charge on any atom is 0.271 e. The Balaban J connectivity index is 1.66. The summed E-state index contributed by atoms with van der Waals surface area (Å²) in [5.41, 5.74) is 0.673. The molecule has 0 bridgehead atoms. The summed E-state index contributed by atoms with van der Waals surface area (Å²) in [7, 11) is 0. The van der Waals surface area contributed by atoms with Gasteiger partial charge in [-0.2, -0.15) is 0 Å². The van der Waals surface area contributed by atoms with Crippen molar-refractivity contribution in [2.24, 2.45) is 4.99 Å². The summed E-state index contributed by atoms with van der Waals surface area (Å²) in [6.07, 6.45) is 1.72. The molecule has 0 aliphatic carbocycles. The van der Waals surface area contributed by atoms with Crippen LogP contribution >= 0.6 is 11.3 Å². The van der Waals surface area contributed by atoms with E-state index in [1.54, 1.807) is 22.8 Å². The summed E-state index contributed by atoms with van der Waals surface area (Å²) >= 11 is 1.32. The summed E-state index contributed by atoms with van der Waals surface area (Å²) in [4.78, 5) is 30.0. The summed E-state index contributed by atoms with van der Waals surface area (Å²) in [6.45, 7) is 2.58.